The van der Waals surface area contributed by atoms with Crippen LogP contribution in [-0.4, -0.2) is 61.5 Å². The number of methoxy groups -OCH3 is 1. The van der Waals surface area contributed by atoms with Crippen LogP contribution >= 0.6 is 0 Å². The average Bonchev–Trinajstić information content (AvgIpc) is 2.65. The number of esters is 1. The highest BCUT2D eigenvalue weighted by Gasteiger charge is 2.20. The fourth-order valence-corrected chi connectivity index (χ4v) is 2.54. The standard InChI is InChI=1S/C20H30N2O3/c1-5-21(6-2)14-15-22(16-17(3)20(24)25-4)19(23)13-12-18-10-8-7-9-11-18/h7-13,17H,5-6,14-16H2,1-4H3/b13-12+. The van der Waals surface area contributed by atoms with Crippen molar-refractivity contribution in [3.05, 3.63) is 42.0 Å². The van der Waals surface area contributed by atoms with Gasteiger partial charge in [0.2, 0.25) is 5.91 Å². The highest BCUT2D eigenvalue weighted by molar-refractivity contribution is 5.92. The summed E-state index contributed by atoms with van der Waals surface area (Å²) in [5.41, 5.74) is 0.973. The largest absolute Gasteiger partial charge is 0.469 e. The van der Waals surface area contributed by atoms with Gasteiger partial charge >= 0.3 is 5.97 Å². The van der Waals surface area contributed by atoms with Crippen molar-refractivity contribution in [2.24, 2.45) is 5.92 Å². The molecule has 0 aromatic heterocycles. The van der Waals surface area contributed by atoms with E-state index in [4.69, 9.17) is 4.74 Å². The van der Waals surface area contributed by atoms with Crippen LogP contribution in [0.4, 0.5) is 0 Å². The Hall–Kier alpha value is -2.14. The number of carbonyl (C=O) groups is 2. The van der Waals surface area contributed by atoms with Crippen LogP contribution in [0.5, 0.6) is 0 Å². The first-order chi connectivity index (χ1) is 12.0. The van der Waals surface area contributed by atoms with E-state index in [0.717, 1.165) is 25.2 Å². The van der Waals surface area contributed by atoms with Crippen LogP contribution in [0, 0.1) is 5.92 Å². The fraction of sp³-hybridized carbons (Fsp3) is 0.500. The summed E-state index contributed by atoms with van der Waals surface area (Å²) in [6.45, 7) is 9.57. The van der Waals surface area contributed by atoms with Gasteiger partial charge in [-0.25, -0.2) is 0 Å². The maximum absolute atomic E-state index is 12.6. The molecule has 1 aromatic rings. The van der Waals surface area contributed by atoms with Gasteiger partial charge in [-0.1, -0.05) is 51.1 Å². The number of hydrogen-bond donors (Lipinski definition) is 0. The number of nitrogens with zero attached hydrogens (tertiary/aromatic N) is 2. The van der Waals surface area contributed by atoms with Crippen molar-refractivity contribution in [3.63, 3.8) is 0 Å². The van der Waals surface area contributed by atoms with E-state index >= 15 is 0 Å². The molecule has 1 aromatic carbocycles. The van der Waals surface area contributed by atoms with Crippen LogP contribution in [0.25, 0.3) is 6.08 Å². The molecule has 0 spiro atoms. The van der Waals surface area contributed by atoms with Gasteiger partial charge in [-0.05, 0) is 24.7 Å². The lowest BCUT2D eigenvalue weighted by molar-refractivity contribution is -0.146. The maximum Gasteiger partial charge on any atom is 0.310 e. The van der Waals surface area contributed by atoms with Gasteiger partial charge in [-0.3, -0.25) is 9.59 Å². The molecule has 0 aliphatic carbocycles. The topological polar surface area (TPSA) is 49.9 Å². The number of likely N-dealkylation sites (N-methyl/N-ethyl adjacent to an activating group) is 1. The normalized spacial score (nSPS) is 12.4. The van der Waals surface area contributed by atoms with Gasteiger partial charge in [-0.15, -0.1) is 0 Å². The number of ether oxygens (including phenoxy) is 1. The molecule has 0 radical (unpaired) electrons. The third kappa shape index (κ3) is 7.52. The highest BCUT2D eigenvalue weighted by Crippen LogP contribution is 2.07. The van der Waals surface area contributed by atoms with Crippen LogP contribution in [0.2, 0.25) is 0 Å². The summed E-state index contributed by atoms with van der Waals surface area (Å²) in [6, 6.07) is 9.69. The molecule has 25 heavy (non-hydrogen) atoms. The molecule has 5 nitrogen and oxygen atoms in total. The second-order valence-corrected chi connectivity index (χ2v) is 5.98. The zero-order valence-corrected chi connectivity index (χ0v) is 15.8. The second kappa shape index (κ2) is 11.4. The van der Waals surface area contributed by atoms with Crippen LogP contribution in [0.1, 0.15) is 26.3 Å². The van der Waals surface area contributed by atoms with Crippen molar-refractivity contribution in [3.8, 4) is 0 Å². The molecule has 0 saturated carbocycles. The minimum atomic E-state index is -0.351. The Balaban J connectivity index is 2.78. The summed E-state index contributed by atoms with van der Waals surface area (Å²) < 4.78 is 4.78. The third-order valence-electron chi connectivity index (χ3n) is 4.21. The van der Waals surface area contributed by atoms with Crippen molar-refractivity contribution in [2.45, 2.75) is 20.8 Å². The molecule has 0 heterocycles. The van der Waals surface area contributed by atoms with Gasteiger partial charge in [0.1, 0.15) is 0 Å². The molecule has 1 unspecified atom stereocenters. The lowest BCUT2D eigenvalue weighted by atomic mass is 10.1. The zero-order chi connectivity index (χ0) is 18.7. The zero-order valence-electron chi connectivity index (χ0n) is 15.8. The lowest BCUT2D eigenvalue weighted by Gasteiger charge is -2.27. The fourth-order valence-electron chi connectivity index (χ4n) is 2.54. The first-order valence-corrected chi connectivity index (χ1v) is 8.84. The number of carbonyl (C=O) groups excluding carboxylic acids is 2. The van der Waals surface area contributed by atoms with E-state index in [0.29, 0.717) is 13.1 Å². The highest BCUT2D eigenvalue weighted by atomic mass is 16.5. The van der Waals surface area contributed by atoms with Crippen LogP contribution in [0.15, 0.2) is 36.4 Å². The number of benzene rings is 1. The molecule has 0 bridgehead atoms. The van der Waals surface area contributed by atoms with Gasteiger partial charge in [-0.2, -0.15) is 0 Å². The maximum atomic E-state index is 12.6. The predicted molar refractivity (Wildman–Crippen MR) is 101 cm³/mol. The van der Waals surface area contributed by atoms with Crippen LogP contribution < -0.4 is 0 Å². The van der Waals surface area contributed by atoms with E-state index < -0.39 is 0 Å². The van der Waals surface area contributed by atoms with Crippen molar-refractivity contribution >= 4 is 18.0 Å². The molecular weight excluding hydrogens is 316 g/mol. The lowest BCUT2D eigenvalue weighted by Crippen LogP contribution is -2.41. The Morgan fingerprint density at radius 1 is 1.12 bits per heavy atom. The molecule has 0 N–H and O–H groups in total. The number of rotatable bonds is 10. The Morgan fingerprint density at radius 2 is 1.76 bits per heavy atom. The monoisotopic (exact) mass is 346 g/mol. The Kier molecular flexibility index (Phi) is 9.55. The smallest absolute Gasteiger partial charge is 0.310 e. The predicted octanol–water partition coefficient (Wildman–Crippen LogP) is 2.68. The van der Waals surface area contributed by atoms with Gasteiger partial charge in [0.25, 0.3) is 0 Å². The molecule has 1 atom stereocenters. The van der Waals surface area contributed by atoms with Gasteiger partial charge in [0.05, 0.1) is 13.0 Å². The molecule has 0 aliphatic heterocycles. The Labute approximate surface area is 151 Å². The summed E-state index contributed by atoms with van der Waals surface area (Å²) in [5, 5.41) is 0. The molecule has 1 amide bonds. The second-order valence-electron chi connectivity index (χ2n) is 5.98. The quantitative estimate of drug-likeness (QED) is 0.483. The molecular formula is C20H30N2O3. The van der Waals surface area contributed by atoms with E-state index in [2.05, 4.69) is 18.7 Å². The third-order valence-corrected chi connectivity index (χ3v) is 4.21. The summed E-state index contributed by atoms with van der Waals surface area (Å²) in [6.07, 6.45) is 3.37. The molecule has 0 fully saturated rings. The van der Waals surface area contributed by atoms with Crippen molar-refractivity contribution in [1.82, 2.24) is 9.80 Å². The van der Waals surface area contributed by atoms with E-state index in [1.165, 1.54) is 7.11 Å². The van der Waals surface area contributed by atoms with E-state index in [1.54, 1.807) is 24.0 Å². The van der Waals surface area contributed by atoms with Crippen molar-refractivity contribution < 1.29 is 14.3 Å². The van der Waals surface area contributed by atoms with Crippen molar-refractivity contribution in [1.29, 1.82) is 0 Å². The number of amides is 1. The number of hydrogen-bond acceptors (Lipinski definition) is 4. The van der Waals surface area contributed by atoms with Gasteiger partial charge in [0.15, 0.2) is 0 Å². The first-order valence-electron chi connectivity index (χ1n) is 8.84. The Bertz CT molecular complexity index is 553. The summed E-state index contributed by atoms with van der Waals surface area (Å²) >= 11 is 0. The van der Waals surface area contributed by atoms with Crippen molar-refractivity contribution in [2.75, 3.05) is 39.8 Å². The van der Waals surface area contributed by atoms with E-state index in [-0.39, 0.29) is 17.8 Å². The molecule has 0 saturated heterocycles. The molecule has 0 aliphatic rings. The van der Waals surface area contributed by atoms with Crippen LogP contribution in [-0.2, 0) is 14.3 Å². The van der Waals surface area contributed by atoms with Gasteiger partial charge < -0.3 is 14.5 Å². The van der Waals surface area contributed by atoms with E-state index in [1.807, 2.05) is 30.3 Å². The summed E-state index contributed by atoms with van der Waals surface area (Å²) in [4.78, 5) is 28.3. The molecule has 1 rings (SSSR count). The summed E-state index contributed by atoms with van der Waals surface area (Å²) in [7, 11) is 1.37. The molecule has 138 valence electrons. The Morgan fingerprint density at radius 3 is 2.32 bits per heavy atom. The average molecular weight is 346 g/mol. The first kappa shape index (κ1) is 20.9. The summed E-state index contributed by atoms with van der Waals surface area (Å²) in [5.74, 6) is -0.741. The minimum absolute atomic E-state index is 0.0910. The van der Waals surface area contributed by atoms with Gasteiger partial charge in [0, 0.05) is 25.7 Å². The SMILES string of the molecule is CCN(CC)CCN(CC(C)C(=O)OC)C(=O)/C=C/c1ccccc1. The minimum Gasteiger partial charge on any atom is -0.469 e. The molecule has 5 heteroatoms. The van der Waals surface area contributed by atoms with E-state index in [9.17, 15) is 9.59 Å². The van der Waals surface area contributed by atoms with Crippen LogP contribution in [0.3, 0.4) is 0 Å².